The van der Waals surface area contributed by atoms with Crippen molar-refractivity contribution in [1.82, 2.24) is 4.90 Å². The number of carboxylic acid groups (broad SMARTS) is 1. The highest BCUT2D eigenvalue weighted by Crippen LogP contribution is 2.42. The van der Waals surface area contributed by atoms with Crippen LogP contribution in [0.4, 0.5) is 8.78 Å². The van der Waals surface area contributed by atoms with Gasteiger partial charge in [-0.2, -0.15) is 8.78 Å². The normalized spacial score (nSPS) is 27.8. The molecule has 0 aromatic carbocycles. The van der Waals surface area contributed by atoms with Gasteiger partial charge in [0.05, 0.1) is 11.3 Å². The van der Waals surface area contributed by atoms with Crippen molar-refractivity contribution in [3.8, 4) is 0 Å². The number of carbonyl (C=O) groups excluding carboxylic acids is 1. The Morgan fingerprint density at radius 2 is 2.31 bits per heavy atom. The lowest BCUT2D eigenvalue weighted by atomic mass is 9.97. The third kappa shape index (κ3) is 1.60. The minimum absolute atomic E-state index is 0.113. The molecule has 1 amide bonds. The second-order valence-corrected chi connectivity index (χ2v) is 4.46. The van der Waals surface area contributed by atoms with Crippen molar-refractivity contribution in [1.29, 1.82) is 0 Å². The van der Waals surface area contributed by atoms with Crippen molar-refractivity contribution in [2.75, 3.05) is 5.75 Å². The summed E-state index contributed by atoms with van der Waals surface area (Å²) in [4.78, 5) is 23.3. The summed E-state index contributed by atoms with van der Waals surface area (Å²) in [7, 11) is 0. The van der Waals surface area contributed by atoms with E-state index in [1.54, 1.807) is 0 Å². The van der Waals surface area contributed by atoms with Crippen LogP contribution in [0.15, 0.2) is 23.9 Å². The van der Waals surface area contributed by atoms with Gasteiger partial charge in [0.2, 0.25) is 5.91 Å². The SMILES string of the molecule is O=C(O)C1=CCS[C@H]2C(C=C(F)F)C(=O)N12. The van der Waals surface area contributed by atoms with Gasteiger partial charge in [-0.25, -0.2) is 4.79 Å². The number of hydrogen-bond donors (Lipinski definition) is 1. The highest BCUT2D eigenvalue weighted by atomic mass is 32.2. The number of amides is 1. The van der Waals surface area contributed by atoms with Crippen LogP contribution in [-0.4, -0.2) is 33.0 Å². The molecule has 7 heteroatoms. The zero-order valence-electron chi connectivity index (χ0n) is 7.89. The number of fused-ring (bicyclic) bond motifs is 1. The molecule has 1 fully saturated rings. The van der Waals surface area contributed by atoms with Gasteiger partial charge in [-0.15, -0.1) is 11.8 Å². The topological polar surface area (TPSA) is 57.6 Å². The van der Waals surface area contributed by atoms with Gasteiger partial charge in [0, 0.05) is 5.75 Å². The lowest BCUT2D eigenvalue weighted by Crippen LogP contribution is -2.60. The van der Waals surface area contributed by atoms with Crippen molar-refractivity contribution in [3.63, 3.8) is 0 Å². The number of halogens is 2. The molecule has 0 aromatic heterocycles. The van der Waals surface area contributed by atoms with E-state index in [9.17, 15) is 18.4 Å². The first-order valence-electron chi connectivity index (χ1n) is 4.43. The second kappa shape index (κ2) is 3.89. The molecule has 0 aliphatic carbocycles. The summed E-state index contributed by atoms with van der Waals surface area (Å²) in [6.45, 7) is 0. The van der Waals surface area contributed by atoms with Gasteiger partial charge in [-0.1, -0.05) is 0 Å². The number of carbonyl (C=O) groups is 2. The quantitative estimate of drug-likeness (QED) is 0.746. The van der Waals surface area contributed by atoms with E-state index in [-0.39, 0.29) is 5.70 Å². The summed E-state index contributed by atoms with van der Waals surface area (Å²) in [6.07, 6.45) is 0.0825. The minimum Gasteiger partial charge on any atom is -0.477 e. The molecular weight excluding hydrogens is 240 g/mol. The van der Waals surface area contributed by atoms with Crippen LogP contribution in [0.5, 0.6) is 0 Å². The largest absolute Gasteiger partial charge is 0.477 e. The monoisotopic (exact) mass is 247 g/mol. The maximum absolute atomic E-state index is 12.0. The Bertz CT molecular complexity index is 417. The molecule has 86 valence electrons. The van der Waals surface area contributed by atoms with Gasteiger partial charge in [-0.3, -0.25) is 9.69 Å². The van der Waals surface area contributed by atoms with Crippen LogP contribution in [-0.2, 0) is 9.59 Å². The molecule has 2 aliphatic heterocycles. The zero-order chi connectivity index (χ0) is 11.9. The molecule has 0 aromatic rings. The number of aliphatic carboxylic acids is 1. The first kappa shape index (κ1) is 11.1. The molecule has 2 aliphatic rings. The maximum Gasteiger partial charge on any atom is 0.352 e. The molecule has 0 bridgehead atoms. The van der Waals surface area contributed by atoms with Crippen LogP contribution in [0.3, 0.4) is 0 Å². The van der Waals surface area contributed by atoms with Crippen LogP contribution in [0.2, 0.25) is 0 Å². The fourth-order valence-electron chi connectivity index (χ4n) is 1.72. The van der Waals surface area contributed by atoms with E-state index >= 15 is 0 Å². The van der Waals surface area contributed by atoms with E-state index in [1.165, 1.54) is 17.8 Å². The van der Waals surface area contributed by atoms with Gasteiger partial charge < -0.3 is 5.11 Å². The Hall–Kier alpha value is -1.37. The fraction of sp³-hybridized carbons (Fsp3) is 0.333. The lowest BCUT2D eigenvalue weighted by Gasteiger charge is -2.47. The molecule has 2 rings (SSSR count). The van der Waals surface area contributed by atoms with Gasteiger partial charge in [0.1, 0.15) is 5.70 Å². The van der Waals surface area contributed by atoms with E-state index < -0.39 is 29.2 Å². The Balaban J connectivity index is 2.22. The van der Waals surface area contributed by atoms with Gasteiger partial charge in [0.25, 0.3) is 6.08 Å². The molecule has 2 atom stereocenters. The number of thioether (sulfide) groups is 1. The minimum atomic E-state index is -1.91. The fourth-order valence-corrected chi connectivity index (χ4v) is 2.94. The molecule has 16 heavy (non-hydrogen) atoms. The van der Waals surface area contributed by atoms with Crippen molar-refractivity contribution >= 4 is 23.6 Å². The zero-order valence-corrected chi connectivity index (χ0v) is 8.71. The van der Waals surface area contributed by atoms with E-state index in [1.807, 2.05) is 0 Å². The highest BCUT2D eigenvalue weighted by molar-refractivity contribution is 8.00. The molecule has 1 unspecified atom stereocenters. The first-order valence-corrected chi connectivity index (χ1v) is 5.48. The Labute approximate surface area is 93.6 Å². The van der Waals surface area contributed by atoms with Crippen LogP contribution in [0, 0.1) is 5.92 Å². The predicted octanol–water partition coefficient (Wildman–Crippen LogP) is 1.27. The summed E-state index contributed by atoms with van der Waals surface area (Å²) in [6, 6.07) is 0. The number of nitrogens with zero attached hydrogens (tertiary/aromatic N) is 1. The number of β-lactam (4-membered cyclic amide) rings is 1. The lowest BCUT2D eigenvalue weighted by molar-refractivity contribution is -0.150. The maximum atomic E-state index is 12.0. The molecule has 4 nitrogen and oxygen atoms in total. The van der Waals surface area contributed by atoms with Crippen molar-refractivity contribution < 1.29 is 23.5 Å². The van der Waals surface area contributed by atoms with Crippen molar-refractivity contribution in [3.05, 3.63) is 23.9 Å². The van der Waals surface area contributed by atoms with Gasteiger partial charge >= 0.3 is 5.97 Å². The van der Waals surface area contributed by atoms with Crippen LogP contribution in [0.25, 0.3) is 0 Å². The molecule has 2 heterocycles. The molecule has 0 spiro atoms. The van der Waals surface area contributed by atoms with E-state index in [0.29, 0.717) is 11.8 Å². The summed E-state index contributed by atoms with van der Waals surface area (Å²) in [5.41, 5.74) is -0.113. The summed E-state index contributed by atoms with van der Waals surface area (Å²) >= 11 is 1.28. The summed E-state index contributed by atoms with van der Waals surface area (Å²) in [5.74, 6) is -2.28. The third-order valence-electron chi connectivity index (χ3n) is 2.41. The summed E-state index contributed by atoms with van der Waals surface area (Å²) < 4.78 is 24.1. The van der Waals surface area contributed by atoms with E-state index in [2.05, 4.69) is 0 Å². The van der Waals surface area contributed by atoms with Crippen LogP contribution < -0.4 is 0 Å². The second-order valence-electron chi connectivity index (χ2n) is 3.31. The first-order chi connectivity index (χ1) is 7.52. The average Bonchev–Trinajstić information content (AvgIpc) is 2.24. The molecule has 1 saturated heterocycles. The van der Waals surface area contributed by atoms with Crippen molar-refractivity contribution in [2.45, 2.75) is 5.37 Å². The standard InChI is InChI=1S/C9H7F2NO3S/c10-6(11)3-4-7(13)12-5(9(14)15)1-2-16-8(4)12/h1,3-4,8H,2H2,(H,14,15)/t4?,8-/m0/s1. The number of hydrogen-bond acceptors (Lipinski definition) is 3. The van der Waals surface area contributed by atoms with Crippen LogP contribution in [0.1, 0.15) is 0 Å². The number of rotatable bonds is 2. The summed E-state index contributed by atoms with van der Waals surface area (Å²) in [5, 5.41) is 8.30. The Morgan fingerprint density at radius 3 is 2.88 bits per heavy atom. The molecule has 0 radical (unpaired) electrons. The molecular formula is C9H7F2NO3S. The molecule has 1 N–H and O–H groups in total. The van der Waals surface area contributed by atoms with Gasteiger partial charge in [-0.05, 0) is 12.2 Å². The van der Waals surface area contributed by atoms with E-state index in [0.717, 1.165) is 4.90 Å². The average molecular weight is 247 g/mol. The Kier molecular flexibility index (Phi) is 2.71. The number of carboxylic acids is 1. The van der Waals surface area contributed by atoms with Gasteiger partial charge in [0.15, 0.2) is 0 Å². The Morgan fingerprint density at radius 1 is 1.62 bits per heavy atom. The highest BCUT2D eigenvalue weighted by Gasteiger charge is 2.51. The van der Waals surface area contributed by atoms with E-state index in [4.69, 9.17) is 5.11 Å². The third-order valence-corrected chi connectivity index (χ3v) is 3.62. The van der Waals surface area contributed by atoms with Crippen LogP contribution >= 0.6 is 11.8 Å². The smallest absolute Gasteiger partial charge is 0.352 e. The molecule has 0 saturated carbocycles. The van der Waals surface area contributed by atoms with Crippen molar-refractivity contribution in [2.24, 2.45) is 5.92 Å². The predicted molar refractivity (Wildman–Crippen MR) is 52.6 cm³/mol.